The summed E-state index contributed by atoms with van der Waals surface area (Å²) >= 11 is 0. The molecule has 0 fully saturated rings. The van der Waals surface area contributed by atoms with Crippen molar-refractivity contribution in [3.8, 4) is 0 Å². The highest BCUT2D eigenvalue weighted by molar-refractivity contribution is 6.03. The lowest BCUT2D eigenvalue weighted by Crippen LogP contribution is -2.24. The van der Waals surface area contributed by atoms with Crippen LogP contribution in [-0.4, -0.2) is 12.4 Å². The van der Waals surface area contributed by atoms with Gasteiger partial charge in [0.1, 0.15) is 5.84 Å². The van der Waals surface area contributed by atoms with Gasteiger partial charge in [0, 0.05) is 11.8 Å². The van der Waals surface area contributed by atoms with E-state index in [2.05, 4.69) is 16.4 Å². The predicted octanol–water partition coefficient (Wildman–Crippen LogP) is -0.114. The number of hydrogen-bond acceptors (Lipinski definition) is 2. The van der Waals surface area contributed by atoms with Gasteiger partial charge in [-0.3, -0.25) is 4.99 Å². The van der Waals surface area contributed by atoms with Crippen LogP contribution in [0.25, 0.3) is 0 Å². The van der Waals surface area contributed by atoms with Crippen LogP contribution in [0.1, 0.15) is 0 Å². The third kappa shape index (κ3) is 0.105. The molecule has 2 heteroatoms. The van der Waals surface area contributed by atoms with E-state index in [4.69, 9.17) is 0 Å². The number of fused-ring (bicyclic) bond motifs is 1. The minimum atomic E-state index is 0.898. The molecule has 3 aliphatic heterocycles. The second-order valence-corrected chi connectivity index (χ2v) is 1.50. The summed E-state index contributed by atoms with van der Waals surface area (Å²) in [6, 6.07) is 0. The second kappa shape index (κ2) is 0.511. The molecule has 2 nitrogen and oxygen atoms in total. The Morgan fingerprint density at radius 3 is 2.83 bits per heavy atom. The predicted molar refractivity (Wildman–Crippen MR) is 23.5 cm³/mol. The van der Waals surface area contributed by atoms with E-state index in [0.717, 1.165) is 12.4 Å². The van der Waals surface area contributed by atoms with Crippen molar-refractivity contribution in [1.29, 1.82) is 0 Å². The Morgan fingerprint density at radius 2 is 2.67 bits per heavy atom. The highest BCUT2D eigenvalue weighted by atomic mass is 15.1. The molecule has 0 aromatic rings. The lowest BCUT2D eigenvalue weighted by molar-refractivity contribution is 1.09. The molecule has 30 valence electrons. The molecule has 3 rings (SSSR count). The van der Waals surface area contributed by atoms with E-state index in [1.54, 1.807) is 0 Å². The Hall–Kier alpha value is -0.790. The van der Waals surface area contributed by atoms with Crippen molar-refractivity contribution in [2.45, 2.75) is 0 Å². The van der Waals surface area contributed by atoms with E-state index in [1.807, 2.05) is 0 Å². The van der Waals surface area contributed by atoms with Crippen molar-refractivity contribution in [3.63, 3.8) is 0 Å². The first-order valence-corrected chi connectivity index (χ1v) is 1.97. The molecular weight excluding hydrogens is 76.1 g/mol. The van der Waals surface area contributed by atoms with Gasteiger partial charge < -0.3 is 5.32 Å². The number of rotatable bonds is 0. The maximum absolute atomic E-state index is 4.02. The zero-order valence-corrected chi connectivity index (χ0v) is 3.23. The van der Waals surface area contributed by atoms with E-state index in [0.29, 0.717) is 0 Å². The van der Waals surface area contributed by atoms with Crippen molar-refractivity contribution >= 4 is 5.84 Å². The summed E-state index contributed by atoms with van der Waals surface area (Å²) < 4.78 is 0. The molecule has 0 aliphatic carbocycles. The van der Waals surface area contributed by atoms with E-state index in [-0.39, 0.29) is 0 Å². The number of nitrogens with one attached hydrogen (secondary N) is 1. The summed E-state index contributed by atoms with van der Waals surface area (Å²) in [6.45, 7) is 0.898. The zero-order valence-electron chi connectivity index (χ0n) is 3.23. The maximum atomic E-state index is 4.02. The summed E-state index contributed by atoms with van der Waals surface area (Å²) in [5, 5.41) is 3.03. The van der Waals surface area contributed by atoms with Gasteiger partial charge in [-0.2, -0.15) is 0 Å². The first kappa shape index (κ1) is 2.39. The fraction of sp³-hybridized carbons (Fsp3) is 0.250. The van der Waals surface area contributed by atoms with Gasteiger partial charge in [0.15, 0.2) is 0 Å². The monoisotopic (exact) mass is 80.0 g/mol. The molecule has 0 atom stereocenters. The Labute approximate surface area is 35.6 Å². The number of nitrogens with zero attached hydrogens (tertiary/aromatic N) is 1. The van der Waals surface area contributed by atoms with Gasteiger partial charge in [0.05, 0.1) is 6.54 Å². The van der Waals surface area contributed by atoms with Crippen LogP contribution in [0.15, 0.2) is 16.8 Å². The van der Waals surface area contributed by atoms with E-state index < -0.39 is 0 Å². The molecule has 6 heavy (non-hydrogen) atoms. The Balaban J connectivity index is 2.63. The molecule has 0 unspecified atom stereocenters. The first-order valence-electron chi connectivity index (χ1n) is 1.97. The molecule has 3 heterocycles. The fourth-order valence-electron chi connectivity index (χ4n) is 0.665. The van der Waals surface area contributed by atoms with Crippen molar-refractivity contribution in [2.24, 2.45) is 4.99 Å². The number of hydrogen-bond donors (Lipinski definition) is 1. The van der Waals surface area contributed by atoms with Gasteiger partial charge in [0.25, 0.3) is 0 Å². The Kier molecular flexibility index (Phi) is 0.204. The quantitative estimate of drug-likeness (QED) is 0.431. The first-order chi connectivity index (χ1) is 2.95. The van der Waals surface area contributed by atoms with Crippen molar-refractivity contribution in [2.75, 3.05) is 6.54 Å². The Bertz CT molecular complexity index is 140. The van der Waals surface area contributed by atoms with Crippen molar-refractivity contribution in [1.82, 2.24) is 5.32 Å². The zero-order chi connectivity index (χ0) is 3.98. The van der Waals surface area contributed by atoms with Gasteiger partial charge in [-0.25, -0.2) is 0 Å². The van der Waals surface area contributed by atoms with Crippen LogP contribution in [0.2, 0.25) is 0 Å². The van der Waals surface area contributed by atoms with Gasteiger partial charge in [-0.05, 0) is 0 Å². The minimum absolute atomic E-state index is 0.898. The molecular formula is C4H4N2. The standard InChI is InChI=1S/C4H4N2/c1-3-2-5-4(1)6-3/h1H,2H2,(H,5,6). The molecule has 0 radical (unpaired) electrons. The third-order valence-corrected chi connectivity index (χ3v) is 1.02. The molecule has 1 N–H and O–H groups in total. The van der Waals surface area contributed by atoms with Gasteiger partial charge in [-0.1, -0.05) is 0 Å². The van der Waals surface area contributed by atoms with Crippen molar-refractivity contribution < 1.29 is 0 Å². The lowest BCUT2D eigenvalue weighted by Gasteiger charge is -2.05. The van der Waals surface area contributed by atoms with Gasteiger partial charge in [0.2, 0.25) is 0 Å². The van der Waals surface area contributed by atoms with Crippen LogP contribution < -0.4 is 5.32 Å². The van der Waals surface area contributed by atoms with Crippen LogP contribution in [0.5, 0.6) is 0 Å². The highest BCUT2D eigenvalue weighted by Crippen LogP contribution is 2.09. The minimum Gasteiger partial charge on any atom is -0.342 e. The summed E-state index contributed by atoms with van der Waals surface area (Å²) in [7, 11) is 0. The fourth-order valence-corrected chi connectivity index (χ4v) is 0.665. The average molecular weight is 80.1 g/mol. The van der Waals surface area contributed by atoms with Crippen LogP contribution in [0.4, 0.5) is 0 Å². The lowest BCUT2D eigenvalue weighted by atomic mass is 10.3. The smallest absolute Gasteiger partial charge is 0.127 e. The topological polar surface area (TPSA) is 24.4 Å². The number of amidine groups is 1. The van der Waals surface area contributed by atoms with Crippen LogP contribution in [0.3, 0.4) is 0 Å². The molecule has 3 aliphatic rings. The summed E-state index contributed by atoms with van der Waals surface area (Å²) in [4.78, 5) is 4.02. The SMILES string of the molecule is C1=C2CN=C1N2. The summed E-state index contributed by atoms with van der Waals surface area (Å²) in [5.41, 5.74) is 1.27. The molecule has 0 spiro atoms. The summed E-state index contributed by atoms with van der Waals surface area (Å²) in [5.74, 6) is 1.06. The van der Waals surface area contributed by atoms with Crippen LogP contribution >= 0.6 is 0 Å². The van der Waals surface area contributed by atoms with E-state index >= 15 is 0 Å². The molecule has 0 aromatic heterocycles. The average Bonchev–Trinajstić information content (AvgIpc) is 1.72. The van der Waals surface area contributed by atoms with E-state index in [9.17, 15) is 0 Å². The van der Waals surface area contributed by atoms with Crippen molar-refractivity contribution in [3.05, 3.63) is 11.8 Å². The van der Waals surface area contributed by atoms with E-state index in [1.165, 1.54) is 5.70 Å². The normalized spacial score (nSPS) is 24.0. The van der Waals surface area contributed by atoms with Gasteiger partial charge in [-0.15, -0.1) is 0 Å². The summed E-state index contributed by atoms with van der Waals surface area (Å²) in [6.07, 6.45) is 2.06. The molecule has 0 saturated carbocycles. The number of aliphatic imine (C=N–C) groups is 1. The molecule has 0 aromatic carbocycles. The molecule has 2 bridgehead atoms. The second-order valence-electron chi connectivity index (χ2n) is 1.50. The maximum Gasteiger partial charge on any atom is 0.127 e. The molecule has 0 amide bonds. The largest absolute Gasteiger partial charge is 0.342 e. The third-order valence-electron chi connectivity index (χ3n) is 1.02. The van der Waals surface area contributed by atoms with Gasteiger partial charge >= 0.3 is 0 Å². The van der Waals surface area contributed by atoms with Crippen LogP contribution in [-0.2, 0) is 0 Å². The highest BCUT2D eigenvalue weighted by Gasteiger charge is 2.16. The molecule has 0 saturated heterocycles. The Morgan fingerprint density at radius 1 is 1.83 bits per heavy atom. The van der Waals surface area contributed by atoms with Crippen LogP contribution in [0, 0.1) is 0 Å².